The van der Waals surface area contributed by atoms with Crippen LogP contribution < -0.4 is 20.1 Å². The van der Waals surface area contributed by atoms with Gasteiger partial charge in [0, 0.05) is 45.0 Å². The molecule has 0 amide bonds. The van der Waals surface area contributed by atoms with Gasteiger partial charge in [-0.1, -0.05) is 24.3 Å². The molecule has 2 unspecified atom stereocenters. The van der Waals surface area contributed by atoms with E-state index in [1.165, 1.54) is 11.1 Å². The minimum absolute atomic E-state index is 0.289. The second kappa shape index (κ2) is 11.7. The summed E-state index contributed by atoms with van der Waals surface area (Å²) in [5.74, 6) is 2.11. The predicted octanol–water partition coefficient (Wildman–Crippen LogP) is 3.89. The summed E-state index contributed by atoms with van der Waals surface area (Å²) in [4.78, 5) is 6.79. The molecule has 0 saturated carbocycles. The molecule has 0 aliphatic carbocycles. The van der Waals surface area contributed by atoms with Crippen LogP contribution in [0.3, 0.4) is 0 Å². The molecule has 0 spiro atoms. The number of morpholine rings is 1. The van der Waals surface area contributed by atoms with E-state index in [9.17, 15) is 0 Å². The van der Waals surface area contributed by atoms with Gasteiger partial charge < -0.3 is 24.8 Å². The second-order valence-electron chi connectivity index (χ2n) is 8.12. The first-order chi connectivity index (χ1) is 15.5. The molecule has 7 heteroatoms. The van der Waals surface area contributed by atoms with Crippen LogP contribution in [0.2, 0.25) is 0 Å². The topological polar surface area (TPSA) is 67.4 Å². The van der Waals surface area contributed by atoms with Crippen LogP contribution in [-0.2, 0) is 17.8 Å². The van der Waals surface area contributed by atoms with E-state index in [0.717, 1.165) is 25.3 Å². The van der Waals surface area contributed by atoms with Crippen molar-refractivity contribution in [3.05, 3.63) is 53.6 Å². The van der Waals surface area contributed by atoms with Crippen LogP contribution in [0.15, 0.2) is 47.5 Å². The van der Waals surface area contributed by atoms with Gasteiger partial charge >= 0.3 is 0 Å². The minimum Gasteiger partial charge on any atom is -0.493 e. The maximum absolute atomic E-state index is 5.83. The van der Waals surface area contributed by atoms with Crippen LogP contribution in [0.1, 0.15) is 31.9 Å². The third-order valence-corrected chi connectivity index (χ3v) is 5.33. The summed E-state index contributed by atoms with van der Waals surface area (Å²) in [6.45, 7) is 10.4. The van der Waals surface area contributed by atoms with Gasteiger partial charge in [-0.3, -0.25) is 9.89 Å². The first-order valence-electron chi connectivity index (χ1n) is 11.2. The molecule has 3 rings (SSSR count). The third-order valence-electron chi connectivity index (χ3n) is 5.33. The van der Waals surface area contributed by atoms with Crippen molar-refractivity contribution in [3.8, 4) is 11.5 Å². The lowest BCUT2D eigenvalue weighted by molar-refractivity contribution is -0.0704. The molecule has 1 aliphatic rings. The van der Waals surface area contributed by atoms with Gasteiger partial charge in [0.15, 0.2) is 17.5 Å². The maximum Gasteiger partial charge on any atom is 0.195 e. The highest BCUT2D eigenvalue weighted by molar-refractivity contribution is 5.93. The van der Waals surface area contributed by atoms with Crippen molar-refractivity contribution in [1.29, 1.82) is 0 Å². The highest BCUT2D eigenvalue weighted by atomic mass is 16.5. The average molecular weight is 441 g/mol. The Bertz CT molecular complexity index is 875. The molecule has 0 radical (unpaired) electrons. The Kier molecular flexibility index (Phi) is 8.76. The van der Waals surface area contributed by atoms with E-state index >= 15 is 0 Å². The molecule has 1 fully saturated rings. The molecule has 1 aliphatic heterocycles. The number of hydrogen-bond acceptors (Lipinski definition) is 5. The van der Waals surface area contributed by atoms with Crippen molar-refractivity contribution >= 4 is 11.6 Å². The lowest BCUT2D eigenvalue weighted by Crippen LogP contribution is -2.44. The standard InChI is InChI=1S/C25H36N4O3/c1-6-31-24-13-22(11-12-23(24)30-5)28-25(26-4)27-14-20-7-9-21(10-8-20)17-29-15-18(2)32-19(3)16-29/h7-13,18-19H,6,14-17H2,1-5H3,(H2,26,27,28). The summed E-state index contributed by atoms with van der Waals surface area (Å²) < 4.78 is 16.8. The molecule has 1 heterocycles. The summed E-state index contributed by atoms with van der Waals surface area (Å²) in [7, 11) is 3.40. The quantitative estimate of drug-likeness (QED) is 0.480. The molecule has 0 aromatic heterocycles. The summed E-state index contributed by atoms with van der Waals surface area (Å²) >= 11 is 0. The second-order valence-corrected chi connectivity index (χ2v) is 8.12. The van der Waals surface area contributed by atoms with E-state index in [0.29, 0.717) is 30.6 Å². The van der Waals surface area contributed by atoms with E-state index in [-0.39, 0.29) is 12.2 Å². The largest absolute Gasteiger partial charge is 0.493 e. The first-order valence-corrected chi connectivity index (χ1v) is 11.2. The van der Waals surface area contributed by atoms with Gasteiger partial charge in [-0.2, -0.15) is 0 Å². The zero-order valence-electron chi connectivity index (χ0n) is 19.9. The van der Waals surface area contributed by atoms with Gasteiger partial charge in [0.2, 0.25) is 0 Å². The van der Waals surface area contributed by atoms with E-state index in [1.807, 2.05) is 25.1 Å². The fourth-order valence-corrected chi connectivity index (χ4v) is 3.96. The smallest absolute Gasteiger partial charge is 0.195 e. The zero-order chi connectivity index (χ0) is 22.9. The highest BCUT2D eigenvalue weighted by Crippen LogP contribution is 2.30. The van der Waals surface area contributed by atoms with Gasteiger partial charge in [-0.05, 0) is 44.0 Å². The van der Waals surface area contributed by atoms with Crippen LogP contribution in [0, 0.1) is 0 Å². The molecule has 2 atom stereocenters. The number of aliphatic imine (C=N–C) groups is 1. The van der Waals surface area contributed by atoms with Crippen molar-refractivity contribution in [2.45, 2.75) is 46.1 Å². The predicted molar refractivity (Wildman–Crippen MR) is 130 cm³/mol. The molecule has 2 aromatic rings. The monoisotopic (exact) mass is 440 g/mol. The lowest BCUT2D eigenvalue weighted by atomic mass is 10.1. The van der Waals surface area contributed by atoms with Crippen molar-refractivity contribution in [1.82, 2.24) is 10.2 Å². The summed E-state index contributed by atoms with van der Waals surface area (Å²) in [6, 6.07) is 14.5. The minimum atomic E-state index is 0.289. The molecular formula is C25H36N4O3. The van der Waals surface area contributed by atoms with Gasteiger partial charge in [0.1, 0.15) is 0 Å². The molecule has 32 heavy (non-hydrogen) atoms. The molecular weight excluding hydrogens is 404 g/mol. The average Bonchev–Trinajstić information content (AvgIpc) is 2.77. The maximum atomic E-state index is 5.83. The fraction of sp³-hybridized carbons (Fsp3) is 0.480. The number of hydrogen-bond donors (Lipinski definition) is 2. The number of nitrogens with one attached hydrogen (secondary N) is 2. The van der Waals surface area contributed by atoms with Crippen molar-refractivity contribution in [2.24, 2.45) is 4.99 Å². The van der Waals surface area contributed by atoms with Crippen LogP contribution in [0.25, 0.3) is 0 Å². The molecule has 0 bridgehead atoms. The molecule has 7 nitrogen and oxygen atoms in total. The fourth-order valence-electron chi connectivity index (χ4n) is 3.96. The Morgan fingerprint density at radius 3 is 2.38 bits per heavy atom. The molecule has 1 saturated heterocycles. The number of rotatable bonds is 8. The Balaban J connectivity index is 1.53. The number of benzene rings is 2. The summed E-state index contributed by atoms with van der Waals surface area (Å²) in [6.07, 6.45) is 0.577. The number of methoxy groups -OCH3 is 1. The summed E-state index contributed by atoms with van der Waals surface area (Å²) in [5.41, 5.74) is 3.40. The third kappa shape index (κ3) is 6.87. The van der Waals surface area contributed by atoms with E-state index in [4.69, 9.17) is 14.2 Å². The number of ether oxygens (including phenoxy) is 3. The van der Waals surface area contributed by atoms with E-state index < -0.39 is 0 Å². The van der Waals surface area contributed by atoms with Gasteiger partial charge in [0.05, 0.1) is 25.9 Å². The molecule has 2 aromatic carbocycles. The molecule has 174 valence electrons. The van der Waals surface area contributed by atoms with Crippen molar-refractivity contribution in [2.75, 3.05) is 39.2 Å². The van der Waals surface area contributed by atoms with Gasteiger partial charge in [0.25, 0.3) is 0 Å². The van der Waals surface area contributed by atoms with Gasteiger partial charge in [-0.15, -0.1) is 0 Å². The van der Waals surface area contributed by atoms with Gasteiger partial charge in [-0.25, -0.2) is 0 Å². The van der Waals surface area contributed by atoms with Crippen LogP contribution in [0.4, 0.5) is 5.69 Å². The van der Waals surface area contributed by atoms with E-state index in [2.05, 4.69) is 58.6 Å². The summed E-state index contributed by atoms with van der Waals surface area (Å²) in [5, 5.41) is 6.67. The van der Waals surface area contributed by atoms with E-state index in [1.54, 1.807) is 14.2 Å². The van der Waals surface area contributed by atoms with Crippen molar-refractivity contribution < 1.29 is 14.2 Å². The Hall–Kier alpha value is -2.77. The van der Waals surface area contributed by atoms with Crippen LogP contribution in [0.5, 0.6) is 11.5 Å². The first kappa shape index (κ1) is 23.9. The van der Waals surface area contributed by atoms with Crippen LogP contribution in [-0.4, -0.2) is 56.9 Å². The number of guanidine groups is 1. The Morgan fingerprint density at radius 2 is 1.75 bits per heavy atom. The lowest BCUT2D eigenvalue weighted by Gasteiger charge is -2.35. The SMILES string of the molecule is CCOc1cc(NC(=NC)NCc2ccc(CN3CC(C)OC(C)C3)cc2)ccc1OC. The Labute approximate surface area is 191 Å². The normalized spacial score (nSPS) is 19.5. The zero-order valence-corrected chi connectivity index (χ0v) is 19.9. The number of anilines is 1. The number of nitrogens with zero attached hydrogens (tertiary/aromatic N) is 2. The Morgan fingerprint density at radius 1 is 1.06 bits per heavy atom. The molecule has 2 N–H and O–H groups in total. The highest BCUT2D eigenvalue weighted by Gasteiger charge is 2.21. The van der Waals surface area contributed by atoms with Crippen molar-refractivity contribution in [3.63, 3.8) is 0 Å². The van der Waals surface area contributed by atoms with Crippen LogP contribution >= 0.6 is 0 Å².